The lowest BCUT2D eigenvalue weighted by Crippen LogP contribution is -2.42. The summed E-state index contributed by atoms with van der Waals surface area (Å²) >= 11 is 10.5. The number of carbonyl (C=O) groups excluding carboxylic acids is 2. The van der Waals surface area contributed by atoms with Gasteiger partial charge in [-0.3, -0.25) is 4.79 Å². The highest BCUT2D eigenvalue weighted by atomic mass is 32.1. The van der Waals surface area contributed by atoms with Gasteiger partial charge in [-0.15, -0.1) is 0 Å². The highest BCUT2D eigenvalue weighted by molar-refractivity contribution is 7.81. The first-order valence-electron chi connectivity index (χ1n) is 7.34. The van der Waals surface area contributed by atoms with E-state index in [0.717, 1.165) is 17.5 Å². The molecule has 0 spiro atoms. The lowest BCUT2D eigenvalue weighted by atomic mass is 10.1. The van der Waals surface area contributed by atoms with Crippen molar-refractivity contribution in [2.75, 3.05) is 21.3 Å². The van der Waals surface area contributed by atoms with Crippen molar-refractivity contribution in [1.29, 1.82) is 0 Å². The molecular formula is C17H23NO4S2. The summed E-state index contributed by atoms with van der Waals surface area (Å²) in [5, 5.41) is 1.60. The summed E-state index contributed by atoms with van der Waals surface area (Å²) in [5.41, 5.74) is 1.75. The summed E-state index contributed by atoms with van der Waals surface area (Å²) in [4.78, 5) is 23.2. The maximum absolute atomic E-state index is 11.9. The van der Waals surface area contributed by atoms with Crippen LogP contribution in [0.5, 0.6) is 0 Å². The molecule has 0 amide bonds. The Labute approximate surface area is 153 Å². The summed E-state index contributed by atoms with van der Waals surface area (Å²) in [6.45, 7) is 2.40. The van der Waals surface area contributed by atoms with Gasteiger partial charge in [0.05, 0.1) is 14.2 Å². The van der Waals surface area contributed by atoms with Crippen molar-refractivity contribution in [2.45, 2.75) is 25.8 Å². The highest BCUT2D eigenvalue weighted by Crippen LogP contribution is 2.15. The summed E-state index contributed by atoms with van der Waals surface area (Å²) < 4.78 is 8.72. The SMILES string of the molecule is CCCC(C(=O)OC)N(C)C(=S)c1ccccc1C=S.COC=O. The molecule has 1 aromatic carbocycles. The molecule has 0 fully saturated rings. The average molecular weight is 370 g/mol. The molecule has 0 N–H and O–H groups in total. The Balaban J connectivity index is 0.00000118. The van der Waals surface area contributed by atoms with Crippen LogP contribution in [0.2, 0.25) is 0 Å². The quantitative estimate of drug-likeness (QED) is 0.416. The maximum Gasteiger partial charge on any atom is 0.328 e. The number of hydrogen-bond donors (Lipinski definition) is 0. The van der Waals surface area contributed by atoms with E-state index in [1.165, 1.54) is 14.2 Å². The number of esters is 1. The van der Waals surface area contributed by atoms with E-state index in [-0.39, 0.29) is 12.0 Å². The molecule has 0 aromatic heterocycles. The molecule has 0 aliphatic carbocycles. The van der Waals surface area contributed by atoms with Crippen molar-refractivity contribution >= 4 is 47.2 Å². The van der Waals surface area contributed by atoms with Gasteiger partial charge in [-0.1, -0.05) is 62.0 Å². The molecule has 0 saturated carbocycles. The van der Waals surface area contributed by atoms with Gasteiger partial charge in [-0.2, -0.15) is 0 Å². The summed E-state index contributed by atoms with van der Waals surface area (Å²) in [7, 11) is 4.53. The third-order valence-corrected chi connectivity index (χ3v) is 4.00. The summed E-state index contributed by atoms with van der Waals surface area (Å²) in [6, 6.07) is 7.28. The number of nitrogens with zero attached hydrogens (tertiary/aromatic N) is 1. The molecule has 5 nitrogen and oxygen atoms in total. The Morgan fingerprint density at radius 3 is 2.38 bits per heavy atom. The normalized spacial score (nSPS) is 10.5. The van der Waals surface area contributed by atoms with Crippen molar-refractivity contribution in [3.05, 3.63) is 35.4 Å². The van der Waals surface area contributed by atoms with E-state index in [1.54, 1.807) is 10.3 Å². The number of thiocarbonyl (C=S) groups is 2. The zero-order valence-corrected chi connectivity index (χ0v) is 16.0. The van der Waals surface area contributed by atoms with Gasteiger partial charge in [0.15, 0.2) is 0 Å². The van der Waals surface area contributed by atoms with Crippen LogP contribution in [0.1, 0.15) is 30.9 Å². The van der Waals surface area contributed by atoms with Crippen LogP contribution in [-0.2, 0) is 19.1 Å². The van der Waals surface area contributed by atoms with Gasteiger partial charge in [-0.25, -0.2) is 4.79 Å². The second-order valence-corrected chi connectivity index (χ2v) is 5.40. The van der Waals surface area contributed by atoms with E-state index in [1.807, 2.05) is 38.2 Å². The summed E-state index contributed by atoms with van der Waals surface area (Å²) in [6.07, 6.45) is 1.57. The molecule has 1 unspecified atom stereocenters. The fourth-order valence-corrected chi connectivity index (χ4v) is 2.52. The third kappa shape index (κ3) is 6.72. The molecule has 0 aliphatic rings. The van der Waals surface area contributed by atoms with Gasteiger partial charge in [-0.05, 0) is 12.0 Å². The number of likely N-dealkylation sites (N-methyl/N-ethyl adjacent to an activating group) is 1. The Morgan fingerprint density at radius 1 is 1.33 bits per heavy atom. The van der Waals surface area contributed by atoms with Gasteiger partial charge in [0, 0.05) is 18.0 Å². The smallest absolute Gasteiger partial charge is 0.328 e. The van der Waals surface area contributed by atoms with Crippen molar-refractivity contribution in [3.8, 4) is 0 Å². The molecule has 132 valence electrons. The monoisotopic (exact) mass is 369 g/mol. The third-order valence-electron chi connectivity index (χ3n) is 3.24. The number of carbonyl (C=O) groups is 2. The molecule has 24 heavy (non-hydrogen) atoms. The van der Waals surface area contributed by atoms with E-state index in [2.05, 4.69) is 4.74 Å². The summed E-state index contributed by atoms with van der Waals surface area (Å²) in [5.74, 6) is -0.267. The minimum atomic E-state index is -0.365. The Kier molecular flexibility index (Phi) is 11.6. The van der Waals surface area contributed by atoms with Crippen LogP contribution in [0.4, 0.5) is 0 Å². The van der Waals surface area contributed by atoms with Crippen molar-refractivity contribution in [1.82, 2.24) is 4.90 Å². The topological polar surface area (TPSA) is 55.8 Å². The molecule has 0 bridgehead atoms. The van der Waals surface area contributed by atoms with E-state index in [0.29, 0.717) is 17.9 Å². The van der Waals surface area contributed by atoms with Gasteiger partial charge >= 0.3 is 5.97 Å². The van der Waals surface area contributed by atoms with Crippen LogP contribution in [0.15, 0.2) is 24.3 Å². The van der Waals surface area contributed by atoms with Crippen LogP contribution in [0, 0.1) is 0 Å². The number of methoxy groups -OCH3 is 2. The van der Waals surface area contributed by atoms with Crippen molar-refractivity contribution < 1.29 is 19.1 Å². The predicted molar refractivity (Wildman–Crippen MR) is 102 cm³/mol. The van der Waals surface area contributed by atoms with Gasteiger partial charge in [0.2, 0.25) is 0 Å². The number of rotatable bonds is 7. The average Bonchev–Trinajstić information content (AvgIpc) is 2.64. The number of ether oxygens (including phenoxy) is 2. The van der Waals surface area contributed by atoms with Gasteiger partial charge in [0.25, 0.3) is 6.47 Å². The largest absolute Gasteiger partial charge is 0.471 e. The van der Waals surface area contributed by atoms with Gasteiger partial charge < -0.3 is 14.4 Å². The van der Waals surface area contributed by atoms with Crippen LogP contribution in [0.25, 0.3) is 0 Å². The van der Waals surface area contributed by atoms with Gasteiger partial charge in [0.1, 0.15) is 11.0 Å². The minimum Gasteiger partial charge on any atom is -0.471 e. The number of benzene rings is 1. The molecule has 1 aromatic rings. The molecule has 0 saturated heterocycles. The standard InChI is InChI=1S/C15H19NO2S2.C2H4O2/c1-4-7-13(15(17)18-3)16(2)14(20)12-9-6-5-8-11(12)10-19;1-4-2-3/h5-6,8-10,13H,4,7H2,1-3H3;2H,1H3. The Morgan fingerprint density at radius 2 is 1.92 bits per heavy atom. The minimum absolute atomic E-state index is 0.267. The first kappa shape index (κ1) is 22.1. The van der Waals surface area contributed by atoms with Crippen molar-refractivity contribution in [2.24, 2.45) is 0 Å². The molecule has 1 rings (SSSR count). The van der Waals surface area contributed by atoms with Crippen LogP contribution >= 0.6 is 24.4 Å². The van der Waals surface area contributed by atoms with Crippen LogP contribution < -0.4 is 0 Å². The molecular weight excluding hydrogens is 346 g/mol. The molecule has 0 heterocycles. The van der Waals surface area contributed by atoms with E-state index < -0.39 is 0 Å². The second-order valence-electron chi connectivity index (χ2n) is 4.78. The molecule has 1 atom stereocenters. The van der Waals surface area contributed by atoms with Crippen molar-refractivity contribution in [3.63, 3.8) is 0 Å². The fourth-order valence-electron chi connectivity index (χ4n) is 2.01. The van der Waals surface area contributed by atoms with Crippen LogP contribution in [0.3, 0.4) is 0 Å². The Hall–Kier alpha value is -1.86. The Bertz CT molecular complexity index is 563. The molecule has 0 radical (unpaired) electrons. The molecule has 7 heteroatoms. The van der Waals surface area contributed by atoms with Crippen LogP contribution in [-0.4, -0.2) is 55.0 Å². The first-order chi connectivity index (χ1) is 11.5. The molecule has 0 aliphatic heterocycles. The maximum atomic E-state index is 11.9. The van der Waals surface area contributed by atoms with E-state index >= 15 is 0 Å². The zero-order chi connectivity index (χ0) is 18.5. The first-order valence-corrected chi connectivity index (χ1v) is 8.21. The lowest BCUT2D eigenvalue weighted by Gasteiger charge is -2.28. The van der Waals surface area contributed by atoms with E-state index in [9.17, 15) is 4.79 Å². The predicted octanol–water partition coefficient (Wildman–Crippen LogP) is 2.77. The van der Waals surface area contributed by atoms with E-state index in [4.69, 9.17) is 34.0 Å². The second kappa shape index (κ2) is 12.5. The highest BCUT2D eigenvalue weighted by Gasteiger charge is 2.26. The fraction of sp³-hybridized carbons (Fsp3) is 0.412. The lowest BCUT2D eigenvalue weighted by molar-refractivity contribution is -0.145. The number of hydrogen-bond acceptors (Lipinski definition) is 6. The zero-order valence-electron chi connectivity index (χ0n) is 14.4.